The van der Waals surface area contributed by atoms with Gasteiger partial charge in [-0.05, 0) is 24.6 Å². The van der Waals surface area contributed by atoms with Crippen LogP contribution in [0.4, 0.5) is 0 Å². The molecule has 178 valence electrons. The largest absolute Gasteiger partial charge is 0.485 e. The third-order valence-electron chi connectivity index (χ3n) is 4.48. The van der Waals surface area contributed by atoms with Crippen molar-refractivity contribution < 1.29 is 23.7 Å². The van der Waals surface area contributed by atoms with Crippen LogP contribution in [-0.2, 0) is 14.2 Å². The molecule has 35 heavy (non-hydrogen) atoms. The summed E-state index contributed by atoms with van der Waals surface area (Å²) in [4.78, 5) is 0. The summed E-state index contributed by atoms with van der Waals surface area (Å²) < 4.78 is 28.3. The fourth-order valence-electron chi connectivity index (χ4n) is 2.99. The van der Waals surface area contributed by atoms with E-state index in [0.29, 0.717) is 34.3 Å². The molecule has 0 aromatic heterocycles. The molecule has 0 aliphatic carbocycles. The van der Waals surface area contributed by atoms with E-state index in [0.717, 1.165) is 5.56 Å². The molecule has 0 aliphatic heterocycles. The van der Waals surface area contributed by atoms with Gasteiger partial charge in [0.1, 0.15) is 50.3 Å². The van der Waals surface area contributed by atoms with Crippen LogP contribution < -0.4 is 9.47 Å². The maximum atomic E-state index is 5.86. The molecule has 0 bridgehead atoms. The molecule has 0 saturated heterocycles. The van der Waals surface area contributed by atoms with Gasteiger partial charge in [0.15, 0.2) is 11.5 Å². The van der Waals surface area contributed by atoms with Crippen LogP contribution in [0.15, 0.2) is 53.7 Å². The van der Waals surface area contributed by atoms with Crippen molar-refractivity contribution in [2.45, 2.75) is 19.8 Å². The lowest BCUT2D eigenvalue weighted by atomic mass is 9.90. The maximum absolute atomic E-state index is 5.86. The summed E-state index contributed by atoms with van der Waals surface area (Å²) in [5, 5.41) is 0. The van der Waals surface area contributed by atoms with E-state index in [9.17, 15) is 0 Å². The van der Waals surface area contributed by atoms with E-state index in [4.69, 9.17) is 55.8 Å². The van der Waals surface area contributed by atoms with E-state index in [1.807, 2.05) is 19.1 Å². The molecule has 0 amide bonds. The van der Waals surface area contributed by atoms with Crippen molar-refractivity contribution in [1.82, 2.24) is 0 Å². The van der Waals surface area contributed by atoms with Crippen LogP contribution in [-0.4, -0.2) is 33.0 Å². The highest BCUT2D eigenvalue weighted by atomic mass is 16.5. The van der Waals surface area contributed by atoms with E-state index in [1.165, 1.54) is 0 Å². The Balaban J connectivity index is 3.60. The van der Waals surface area contributed by atoms with Gasteiger partial charge in [-0.2, -0.15) is 0 Å². The highest BCUT2D eigenvalue weighted by Crippen LogP contribution is 2.38. The summed E-state index contributed by atoms with van der Waals surface area (Å²) in [6, 6.07) is 5.44. The van der Waals surface area contributed by atoms with Crippen molar-refractivity contribution in [2.24, 2.45) is 0 Å². The summed E-state index contributed by atoms with van der Waals surface area (Å²) in [5.74, 6) is 14.0. The first kappa shape index (κ1) is 28.3. The Morgan fingerprint density at radius 1 is 0.829 bits per heavy atom. The maximum Gasteiger partial charge on any atom is 0.163 e. The van der Waals surface area contributed by atoms with Gasteiger partial charge >= 0.3 is 0 Å². The summed E-state index contributed by atoms with van der Waals surface area (Å²) in [5.41, 5.74) is 1.51. The van der Waals surface area contributed by atoms with Crippen molar-refractivity contribution in [3.63, 3.8) is 0 Å². The standard InChI is InChI=1S/C30H28O5/c1-9-16-31-23(6)21-29(35-20-13-5)30(25(8)32-17-10-2)24(7)26-14-15-27(33-18-11-3)28(22-26)34-19-12-4/h1-5,14-15,21-22,24H,6,16-20H2,7-8H3/b29-21+,30-25+. The molecule has 1 aromatic carbocycles. The predicted octanol–water partition coefficient (Wildman–Crippen LogP) is 4.44. The van der Waals surface area contributed by atoms with Crippen LogP contribution in [0.3, 0.4) is 0 Å². The van der Waals surface area contributed by atoms with E-state index >= 15 is 0 Å². The Labute approximate surface area is 209 Å². The van der Waals surface area contributed by atoms with Crippen LogP contribution in [0, 0.1) is 61.7 Å². The summed E-state index contributed by atoms with van der Waals surface area (Å²) in [6.07, 6.45) is 28.4. The highest BCUT2D eigenvalue weighted by Gasteiger charge is 2.23. The van der Waals surface area contributed by atoms with Crippen LogP contribution in [0.25, 0.3) is 0 Å². The fourth-order valence-corrected chi connectivity index (χ4v) is 2.99. The topological polar surface area (TPSA) is 46.2 Å². The third kappa shape index (κ3) is 9.32. The molecule has 0 saturated carbocycles. The van der Waals surface area contributed by atoms with Gasteiger partial charge in [0.05, 0.1) is 0 Å². The van der Waals surface area contributed by atoms with Gasteiger partial charge in [0, 0.05) is 17.6 Å². The number of allylic oxidation sites excluding steroid dienone is 3. The molecular formula is C30H28O5. The number of benzene rings is 1. The van der Waals surface area contributed by atoms with Gasteiger partial charge < -0.3 is 23.7 Å². The van der Waals surface area contributed by atoms with Crippen molar-refractivity contribution >= 4 is 0 Å². The van der Waals surface area contributed by atoms with Crippen LogP contribution >= 0.6 is 0 Å². The number of hydrogen-bond acceptors (Lipinski definition) is 5. The Morgan fingerprint density at radius 2 is 1.37 bits per heavy atom. The molecular weight excluding hydrogens is 440 g/mol. The molecule has 0 radical (unpaired) electrons. The second kappa shape index (κ2) is 15.9. The second-order valence-corrected chi connectivity index (χ2v) is 6.84. The quantitative estimate of drug-likeness (QED) is 0.230. The number of rotatable bonds is 14. The Kier molecular flexibility index (Phi) is 12.9. The van der Waals surface area contributed by atoms with Gasteiger partial charge in [0.25, 0.3) is 0 Å². The molecule has 5 heteroatoms. The third-order valence-corrected chi connectivity index (χ3v) is 4.48. The van der Waals surface area contributed by atoms with Crippen LogP contribution in [0.1, 0.15) is 25.3 Å². The highest BCUT2D eigenvalue weighted by molar-refractivity contribution is 5.48. The fraction of sp³-hybridized carbons (Fsp3) is 0.267. The molecule has 0 N–H and O–H groups in total. The predicted molar refractivity (Wildman–Crippen MR) is 138 cm³/mol. The zero-order chi connectivity index (χ0) is 26.1. The minimum absolute atomic E-state index is 0.00227. The first-order chi connectivity index (χ1) is 16.9. The first-order valence-corrected chi connectivity index (χ1v) is 10.5. The average Bonchev–Trinajstić information content (AvgIpc) is 2.86. The van der Waals surface area contributed by atoms with E-state index in [1.54, 1.807) is 19.1 Å². The van der Waals surface area contributed by atoms with Crippen molar-refractivity contribution in [1.29, 1.82) is 0 Å². The molecule has 0 aliphatic rings. The minimum atomic E-state index is -0.285. The molecule has 0 fully saturated rings. The SMILES string of the molecule is C#CCOC(=C)/C=C(OCC#C)\C(=C(/C)OCC#C)C(C)c1ccc(OCC#C)c(OCC#C)c1. The Morgan fingerprint density at radius 3 is 1.97 bits per heavy atom. The lowest BCUT2D eigenvalue weighted by molar-refractivity contribution is 0.224. The smallest absolute Gasteiger partial charge is 0.163 e. The summed E-state index contributed by atoms with van der Waals surface area (Å²) >= 11 is 0. The van der Waals surface area contributed by atoms with E-state index in [2.05, 4.69) is 36.2 Å². The number of terminal acetylenes is 5. The number of hydrogen-bond donors (Lipinski definition) is 0. The van der Waals surface area contributed by atoms with Crippen LogP contribution in [0.5, 0.6) is 11.5 Å². The monoisotopic (exact) mass is 468 g/mol. The molecule has 0 spiro atoms. The molecule has 1 unspecified atom stereocenters. The van der Waals surface area contributed by atoms with Gasteiger partial charge in [-0.1, -0.05) is 49.2 Å². The molecule has 5 nitrogen and oxygen atoms in total. The zero-order valence-electron chi connectivity index (χ0n) is 20.1. The first-order valence-electron chi connectivity index (χ1n) is 10.5. The Bertz CT molecular complexity index is 1150. The molecule has 1 atom stereocenters. The van der Waals surface area contributed by atoms with E-state index < -0.39 is 0 Å². The van der Waals surface area contributed by atoms with Crippen molar-refractivity contribution in [2.75, 3.05) is 33.0 Å². The zero-order valence-corrected chi connectivity index (χ0v) is 20.1. The minimum Gasteiger partial charge on any atom is -0.485 e. The normalized spacial score (nSPS) is 11.6. The van der Waals surface area contributed by atoms with Crippen molar-refractivity contribution in [3.8, 4) is 73.2 Å². The molecule has 1 rings (SSSR count). The van der Waals surface area contributed by atoms with Gasteiger partial charge in [-0.3, -0.25) is 0 Å². The summed E-state index contributed by atoms with van der Waals surface area (Å²) in [7, 11) is 0. The van der Waals surface area contributed by atoms with Crippen molar-refractivity contribution in [3.05, 3.63) is 59.3 Å². The molecule has 0 heterocycles. The Hall–Kier alpha value is -4.76. The average molecular weight is 469 g/mol. The lowest BCUT2D eigenvalue weighted by Gasteiger charge is -2.23. The van der Waals surface area contributed by atoms with Crippen LogP contribution in [0.2, 0.25) is 0 Å². The van der Waals surface area contributed by atoms with Gasteiger partial charge in [-0.25, -0.2) is 0 Å². The van der Waals surface area contributed by atoms with Gasteiger partial charge in [0.2, 0.25) is 0 Å². The summed E-state index contributed by atoms with van der Waals surface area (Å²) in [6.45, 7) is 7.86. The second-order valence-electron chi connectivity index (χ2n) is 6.84. The number of ether oxygens (including phenoxy) is 5. The van der Waals surface area contributed by atoms with Gasteiger partial charge in [-0.15, -0.1) is 32.1 Å². The lowest BCUT2D eigenvalue weighted by Crippen LogP contribution is -2.10. The molecule has 1 aromatic rings. The van der Waals surface area contributed by atoms with E-state index in [-0.39, 0.29) is 39.0 Å².